The van der Waals surface area contributed by atoms with Crippen molar-refractivity contribution in [2.45, 2.75) is 50.5 Å². The molecule has 212 valence electrons. The molecule has 1 aliphatic carbocycles. The molecule has 2 aromatic carbocycles. The molecule has 0 saturated carbocycles. The van der Waals surface area contributed by atoms with Gasteiger partial charge >= 0.3 is 5.97 Å². The van der Waals surface area contributed by atoms with E-state index in [1.165, 1.54) is 6.26 Å². The Kier molecular flexibility index (Phi) is 7.26. The van der Waals surface area contributed by atoms with Crippen molar-refractivity contribution in [1.82, 2.24) is 5.32 Å². The van der Waals surface area contributed by atoms with Crippen molar-refractivity contribution in [1.29, 1.82) is 0 Å². The normalized spacial score (nSPS) is 22.5. The van der Waals surface area contributed by atoms with Crippen LogP contribution in [0.3, 0.4) is 0 Å². The summed E-state index contributed by atoms with van der Waals surface area (Å²) in [4.78, 5) is 43.4. The molecule has 3 aromatic rings. The van der Waals surface area contributed by atoms with Crippen LogP contribution in [-0.2, 0) is 19.1 Å². The van der Waals surface area contributed by atoms with E-state index in [0.717, 1.165) is 29.8 Å². The molecule has 3 atom stereocenters. The van der Waals surface area contributed by atoms with Crippen LogP contribution in [0.5, 0.6) is 0 Å². The van der Waals surface area contributed by atoms with Gasteiger partial charge in [0.1, 0.15) is 12.2 Å². The van der Waals surface area contributed by atoms with Gasteiger partial charge in [-0.3, -0.25) is 9.59 Å². The number of hydrogen-bond acceptors (Lipinski definition) is 8. The summed E-state index contributed by atoms with van der Waals surface area (Å²) >= 11 is 0. The van der Waals surface area contributed by atoms with E-state index in [1.807, 2.05) is 19.0 Å². The van der Waals surface area contributed by atoms with Crippen LogP contribution < -0.4 is 15.6 Å². The van der Waals surface area contributed by atoms with Crippen molar-refractivity contribution in [3.05, 3.63) is 98.7 Å². The fraction of sp³-hybridized carbons (Fsp3) is 0.364. The maximum atomic E-state index is 14.0. The number of carbonyl (C=O) groups is 2. The number of hydrogen-bond donors (Lipinski definition) is 1. The molecule has 1 N–H and O–H groups in total. The standard InChI is InChI=1S/C33H34N2O6/c1-19-29(33(38)41-17-23-7-6-14-39-23)30(25-18-40-28-9-5-4-8-24(28)32(25)37)31-26(34-19)15-21(16-27(31)36)20-10-12-22(13-11-20)35(2)3/h4-5,8-13,18,21,23,30,34H,6-7,14-17H2,1-3H3/t21-,23-,30-/m1/s1. The summed E-state index contributed by atoms with van der Waals surface area (Å²) in [5.41, 5.74) is 4.57. The van der Waals surface area contributed by atoms with Gasteiger partial charge < -0.3 is 24.1 Å². The number of carbonyl (C=O) groups excluding carboxylic acids is 2. The lowest BCUT2D eigenvalue weighted by atomic mass is 9.72. The molecule has 3 heterocycles. The second-order valence-corrected chi connectivity index (χ2v) is 11.3. The van der Waals surface area contributed by atoms with E-state index in [0.29, 0.717) is 35.3 Å². The molecule has 41 heavy (non-hydrogen) atoms. The van der Waals surface area contributed by atoms with Crippen LogP contribution in [0.2, 0.25) is 0 Å². The Morgan fingerprint density at radius 1 is 1.07 bits per heavy atom. The highest BCUT2D eigenvalue weighted by molar-refractivity contribution is 6.04. The van der Waals surface area contributed by atoms with E-state index in [1.54, 1.807) is 31.2 Å². The molecular formula is C33H34N2O6. The summed E-state index contributed by atoms with van der Waals surface area (Å²) < 4.78 is 17.2. The zero-order valence-corrected chi connectivity index (χ0v) is 23.6. The highest BCUT2D eigenvalue weighted by atomic mass is 16.6. The molecule has 1 saturated heterocycles. The zero-order valence-electron chi connectivity index (χ0n) is 23.6. The first kappa shape index (κ1) is 27.0. The zero-order chi connectivity index (χ0) is 28.7. The van der Waals surface area contributed by atoms with Gasteiger partial charge in [0.25, 0.3) is 0 Å². The molecule has 0 unspecified atom stereocenters. The van der Waals surface area contributed by atoms with E-state index < -0.39 is 11.9 Å². The fourth-order valence-electron chi connectivity index (χ4n) is 6.22. The number of para-hydroxylation sites is 1. The van der Waals surface area contributed by atoms with E-state index in [4.69, 9.17) is 13.9 Å². The molecule has 1 fully saturated rings. The maximum absolute atomic E-state index is 14.0. The van der Waals surface area contributed by atoms with Gasteiger partial charge in [-0.05, 0) is 61.9 Å². The minimum absolute atomic E-state index is 0.0283. The Labute approximate surface area is 238 Å². The van der Waals surface area contributed by atoms with E-state index >= 15 is 0 Å². The number of fused-ring (bicyclic) bond motifs is 1. The summed E-state index contributed by atoms with van der Waals surface area (Å²) in [5, 5.41) is 3.76. The highest BCUT2D eigenvalue weighted by Gasteiger charge is 2.43. The van der Waals surface area contributed by atoms with Crippen LogP contribution in [0.4, 0.5) is 5.69 Å². The summed E-state index contributed by atoms with van der Waals surface area (Å²) in [5.74, 6) is -1.59. The third-order valence-electron chi connectivity index (χ3n) is 8.37. The first-order valence-electron chi connectivity index (χ1n) is 14.1. The number of nitrogens with one attached hydrogen (secondary N) is 1. The van der Waals surface area contributed by atoms with Crippen LogP contribution in [0.15, 0.2) is 86.5 Å². The predicted octanol–water partition coefficient (Wildman–Crippen LogP) is 4.94. The second-order valence-electron chi connectivity index (χ2n) is 11.3. The maximum Gasteiger partial charge on any atom is 0.336 e. The minimum Gasteiger partial charge on any atom is -0.464 e. The van der Waals surface area contributed by atoms with E-state index in [-0.39, 0.29) is 47.4 Å². The van der Waals surface area contributed by atoms with Gasteiger partial charge in [0.05, 0.1) is 29.2 Å². The van der Waals surface area contributed by atoms with Crippen LogP contribution >= 0.6 is 0 Å². The average molecular weight is 555 g/mol. The Hall–Kier alpha value is -4.17. The van der Waals surface area contributed by atoms with Gasteiger partial charge in [-0.25, -0.2) is 4.79 Å². The van der Waals surface area contributed by atoms with Gasteiger partial charge in [-0.15, -0.1) is 0 Å². The minimum atomic E-state index is -0.895. The number of ketones is 1. The molecule has 0 spiro atoms. The number of ether oxygens (including phenoxy) is 2. The van der Waals surface area contributed by atoms with Gasteiger partial charge in [0.2, 0.25) is 0 Å². The first-order valence-corrected chi connectivity index (χ1v) is 14.1. The van der Waals surface area contributed by atoms with Crippen LogP contribution in [0, 0.1) is 0 Å². The molecule has 3 aliphatic rings. The van der Waals surface area contributed by atoms with Crippen LogP contribution in [0.1, 0.15) is 55.6 Å². The number of dihydropyridines is 1. The summed E-state index contributed by atoms with van der Waals surface area (Å²) in [6.45, 7) is 2.57. The number of benzene rings is 2. The SMILES string of the molecule is CC1=C(C(=O)OC[C@H]2CCCO2)[C@@H](c2coc3ccccc3c2=O)C2=C(C[C@@H](c3ccc(N(C)C)cc3)CC2=O)N1. The van der Waals surface area contributed by atoms with Crippen molar-refractivity contribution >= 4 is 28.4 Å². The molecule has 1 aromatic heterocycles. The first-order chi connectivity index (χ1) is 19.8. The molecule has 2 aliphatic heterocycles. The van der Waals surface area contributed by atoms with Gasteiger partial charge in [0.15, 0.2) is 11.2 Å². The molecule has 0 bridgehead atoms. The predicted molar refractivity (Wildman–Crippen MR) is 156 cm³/mol. The lowest BCUT2D eigenvalue weighted by molar-refractivity contribution is -0.142. The highest BCUT2D eigenvalue weighted by Crippen LogP contribution is 2.45. The number of esters is 1. The Morgan fingerprint density at radius 3 is 2.59 bits per heavy atom. The molecule has 0 radical (unpaired) electrons. The lowest BCUT2D eigenvalue weighted by Crippen LogP contribution is -2.38. The second kappa shape index (κ2) is 11.0. The van der Waals surface area contributed by atoms with Gasteiger partial charge in [-0.2, -0.15) is 0 Å². The third-order valence-corrected chi connectivity index (χ3v) is 8.37. The van der Waals surface area contributed by atoms with E-state index in [2.05, 4.69) is 29.6 Å². The topological polar surface area (TPSA) is 98.1 Å². The molecule has 8 nitrogen and oxygen atoms in total. The number of allylic oxidation sites excluding steroid dienone is 3. The van der Waals surface area contributed by atoms with Crippen LogP contribution in [-0.4, -0.2) is 45.2 Å². The largest absolute Gasteiger partial charge is 0.464 e. The molecular weight excluding hydrogens is 520 g/mol. The number of nitrogens with zero attached hydrogens (tertiary/aromatic N) is 1. The number of anilines is 1. The molecule has 0 amide bonds. The smallest absolute Gasteiger partial charge is 0.336 e. The Morgan fingerprint density at radius 2 is 1.85 bits per heavy atom. The van der Waals surface area contributed by atoms with Crippen molar-refractivity contribution in [3.63, 3.8) is 0 Å². The fourth-order valence-corrected chi connectivity index (χ4v) is 6.22. The van der Waals surface area contributed by atoms with Crippen molar-refractivity contribution in [3.8, 4) is 0 Å². The number of Topliss-reactive ketones (excluding diaryl/α,β-unsaturated/α-hetero) is 1. The van der Waals surface area contributed by atoms with Crippen molar-refractivity contribution in [2.75, 3.05) is 32.2 Å². The average Bonchev–Trinajstić information content (AvgIpc) is 3.49. The summed E-state index contributed by atoms with van der Waals surface area (Å²) in [6.07, 6.45) is 3.85. The van der Waals surface area contributed by atoms with Crippen molar-refractivity contribution in [2.24, 2.45) is 0 Å². The molecule has 6 rings (SSSR count). The van der Waals surface area contributed by atoms with E-state index in [9.17, 15) is 14.4 Å². The van der Waals surface area contributed by atoms with Gasteiger partial charge in [-0.1, -0.05) is 24.3 Å². The third kappa shape index (κ3) is 5.08. The van der Waals surface area contributed by atoms with Gasteiger partial charge in [0, 0.05) is 55.3 Å². The number of rotatable bonds is 6. The monoisotopic (exact) mass is 554 g/mol. The summed E-state index contributed by atoms with van der Waals surface area (Å²) in [7, 11) is 3.98. The lowest BCUT2D eigenvalue weighted by Gasteiger charge is -2.36. The summed E-state index contributed by atoms with van der Waals surface area (Å²) in [6, 6.07) is 15.2. The molecule has 8 heteroatoms. The van der Waals surface area contributed by atoms with Crippen molar-refractivity contribution < 1.29 is 23.5 Å². The quantitative estimate of drug-likeness (QED) is 0.428. The Bertz CT molecular complexity index is 1630. The Balaban J connectivity index is 1.41. The van der Waals surface area contributed by atoms with Crippen LogP contribution in [0.25, 0.3) is 11.0 Å².